The first-order valence-electron chi connectivity index (χ1n) is 7.68. The molecule has 108 valence electrons. The molecule has 1 fully saturated rings. The van der Waals surface area contributed by atoms with Crippen molar-refractivity contribution in [2.45, 2.75) is 64.5 Å². The molecule has 1 unspecified atom stereocenters. The van der Waals surface area contributed by atoms with E-state index in [9.17, 15) is 0 Å². The average Bonchev–Trinajstić information content (AvgIpc) is 2.88. The van der Waals surface area contributed by atoms with Crippen molar-refractivity contribution in [2.24, 2.45) is 0 Å². The van der Waals surface area contributed by atoms with Crippen LogP contribution in [0, 0.1) is 0 Å². The van der Waals surface area contributed by atoms with E-state index < -0.39 is 0 Å². The topological polar surface area (TPSA) is 29.9 Å². The van der Waals surface area contributed by atoms with Gasteiger partial charge in [-0.15, -0.1) is 0 Å². The highest BCUT2D eigenvalue weighted by Gasteiger charge is 2.16. The highest BCUT2D eigenvalue weighted by Crippen LogP contribution is 2.24. The van der Waals surface area contributed by atoms with Crippen LogP contribution in [-0.4, -0.2) is 27.1 Å². The van der Waals surface area contributed by atoms with E-state index in [1.165, 1.54) is 50.0 Å². The summed E-state index contributed by atoms with van der Waals surface area (Å²) in [4.78, 5) is 4.50. The minimum Gasteiger partial charge on any atom is -0.353 e. The summed E-state index contributed by atoms with van der Waals surface area (Å²) in [7, 11) is 0. The van der Waals surface area contributed by atoms with Gasteiger partial charge in [-0.1, -0.05) is 26.2 Å². The van der Waals surface area contributed by atoms with Crippen LogP contribution >= 0.6 is 11.8 Å². The first-order valence-corrected chi connectivity index (χ1v) is 8.84. The Hall–Kier alpha value is -0.640. The lowest BCUT2D eigenvalue weighted by Crippen LogP contribution is -2.25. The zero-order valence-electron chi connectivity index (χ0n) is 12.3. The lowest BCUT2D eigenvalue weighted by Gasteiger charge is -2.25. The van der Waals surface area contributed by atoms with E-state index in [-0.39, 0.29) is 0 Å². The van der Waals surface area contributed by atoms with Crippen LogP contribution in [0.4, 0.5) is 5.95 Å². The molecule has 4 heteroatoms. The van der Waals surface area contributed by atoms with Crippen molar-refractivity contribution in [3.05, 3.63) is 12.4 Å². The summed E-state index contributed by atoms with van der Waals surface area (Å²) < 4.78 is 2.31. The van der Waals surface area contributed by atoms with Crippen molar-refractivity contribution in [1.82, 2.24) is 9.55 Å². The molecular formula is C15H27N3S. The normalized spacial score (nSPS) is 18.4. The summed E-state index contributed by atoms with van der Waals surface area (Å²) in [5.41, 5.74) is 0. The van der Waals surface area contributed by atoms with E-state index in [1.54, 1.807) is 0 Å². The molecule has 1 N–H and O–H groups in total. The van der Waals surface area contributed by atoms with Crippen molar-refractivity contribution >= 4 is 17.7 Å². The highest BCUT2D eigenvalue weighted by atomic mass is 32.2. The third kappa shape index (κ3) is 4.44. The third-order valence-electron chi connectivity index (χ3n) is 3.97. The van der Waals surface area contributed by atoms with Gasteiger partial charge in [-0.05, 0) is 37.7 Å². The van der Waals surface area contributed by atoms with Crippen LogP contribution in [0.3, 0.4) is 0 Å². The molecule has 0 bridgehead atoms. The molecule has 19 heavy (non-hydrogen) atoms. The van der Waals surface area contributed by atoms with E-state index in [0.29, 0.717) is 12.1 Å². The molecule has 0 radical (unpaired) electrons. The predicted molar refractivity (Wildman–Crippen MR) is 85.0 cm³/mol. The van der Waals surface area contributed by atoms with Gasteiger partial charge in [0.25, 0.3) is 0 Å². The molecule has 0 aliphatic heterocycles. The number of thioether (sulfide) groups is 1. The van der Waals surface area contributed by atoms with Crippen molar-refractivity contribution in [3.8, 4) is 0 Å². The first kappa shape index (κ1) is 14.8. The Labute approximate surface area is 121 Å². The third-order valence-corrected chi connectivity index (χ3v) is 4.90. The molecular weight excluding hydrogens is 254 g/mol. The first-order chi connectivity index (χ1) is 9.31. The monoisotopic (exact) mass is 281 g/mol. The van der Waals surface area contributed by atoms with E-state index >= 15 is 0 Å². The van der Waals surface area contributed by atoms with Crippen LogP contribution in [0.1, 0.15) is 58.4 Å². The fourth-order valence-corrected chi connectivity index (χ4v) is 3.54. The number of hydrogen-bond acceptors (Lipinski definition) is 3. The van der Waals surface area contributed by atoms with Gasteiger partial charge in [-0.3, -0.25) is 0 Å². The Bertz CT molecular complexity index is 358. The van der Waals surface area contributed by atoms with Gasteiger partial charge in [0.15, 0.2) is 0 Å². The van der Waals surface area contributed by atoms with E-state index in [2.05, 4.69) is 34.9 Å². The zero-order chi connectivity index (χ0) is 13.5. The Kier molecular flexibility index (Phi) is 6.08. The number of imidazole rings is 1. The van der Waals surface area contributed by atoms with E-state index in [0.717, 1.165) is 5.95 Å². The van der Waals surface area contributed by atoms with Gasteiger partial charge >= 0.3 is 0 Å². The van der Waals surface area contributed by atoms with Gasteiger partial charge in [0.05, 0.1) is 0 Å². The summed E-state index contributed by atoms with van der Waals surface area (Å²) >= 11 is 2.02. The summed E-state index contributed by atoms with van der Waals surface area (Å²) in [5, 5.41) is 3.65. The van der Waals surface area contributed by atoms with Crippen LogP contribution in [0.2, 0.25) is 0 Å². The lowest BCUT2D eigenvalue weighted by atomic mass is 9.96. The Morgan fingerprint density at radius 1 is 1.42 bits per heavy atom. The Balaban J connectivity index is 1.88. The highest BCUT2D eigenvalue weighted by molar-refractivity contribution is 7.99. The maximum absolute atomic E-state index is 4.50. The lowest BCUT2D eigenvalue weighted by molar-refractivity contribution is 0.454. The van der Waals surface area contributed by atoms with Crippen molar-refractivity contribution in [3.63, 3.8) is 0 Å². The van der Waals surface area contributed by atoms with Gasteiger partial charge < -0.3 is 9.88 Å². The Morgan fingerprint density at radius 3 is 2.95 bits per heavy atom. The van der Waals surface area contributed by atoms with E-state index in [1.807, 2.05) is 18.0 Å². The van der Waals surface area contributed by atoms with Gasteiger partial charge in [-0.2, -0.15) is 11.8 Å². The second-order valence-electron chi connectivity index (χ2n) is 5.47. The minimum absolute atomic E-state index is 0.535. The van der Waals surface area contributed by atoms with Gasteiger partial charge in [-0.25, -0.2) is 4.98 Å². The quantitative estimate of drug-likeness (QED) is 0.754. The maximum atomic E-state index is 4.50. The fraction of sp³-hybridized carbons (Fsp3) is 0.800. The second kappa shape index (κ2) is 7.83. The fourth-order valence-electron chi connectivity index (χ4n) is 2.75. The van der Waals surface area contributed by atoms with Crippen LogP contribution < -0.4 is 5.32 Å². The van der Waals surface area contributed by atoms with Crippen molar-refractivity contribution in [1.29, 1.82) is 0 Å². The number of hydrogen-bond donors (Lipinski definition) is 1. The molecule has 0 aromatic carbocycles. The minimum atomic E-state index is 0.535. The molecule has 1 heterocycles. The van der Waals surface area contributed by atoms with Crippen molar-refractivity contribution < 1.29 is 0 Å². The molecule has 1 aliphatic rings. The van der Waals surface area contributed by atoms with Gasteiger partial charge in [0.2, 0.25) is 5.95 Å². The number of aromatic nitrogens is 2. The predicted octanol–water partition coefficient (Wildman–Crippen LogP) is 4.33. The standard InChI is InChI=1S/C15H27N3S/c1-3-19-12-9-13(2)18-11-10-16-15(18)17-14-7-5-4-6-8-14/h10-11,13-14H,3-9,12H2,1-2H3,(H,16,17). The Morgan fingerprint density at radius 2 is 2.21 bits per heavy atom. The van der Waals surface area contributed by atoms with Gasteiger partial charge in [0, 0.05) is 24.5 Å². The molecule has 0 spiro atoms. The molecule has 0 saturated heterocycles. The molecule has 1 aromatic rings. The molecule has 0 amide bonds. The SMILES string of the molecule is CCSCCC(C)n1ccnc1NC1CCCCC1. The average molecular weight is 281 g/mol. The molecule has 1 atom stereocenters. The molecule has 1 saturated carbocycles. The second-order valence-corrected chi connectivity index (χ2v) is 6.87. The number of nitrogens with one attached hydrogen (secondary N) is 1. The summed E-state index contributed by atoms with van der Waals surface area (Å²) in [6.07, 6.45) is 12.0. The smallest absolute Gasteiger partial charge is 0.203 e. The number of nitrogens with zero attached hydrogens (tertiary/aromatic N) is 2. The summed E-state index contributed by atoms with van der Waals surface area (Å²) in [6.45, 7) is 4.52. The largest absolute Gasteiger partial charge is 0.353 e. The molecule has 3 nitrogen and oxygen atoms in total. The summed E-state index contributed by atoms with van der Waals surface area (Å²) in [5.74, 6) is 3.52. The molecule has 1 aliphatic carbocycles. The maximum Gasteiger partial charge on any atom is 0.203 e. The molecule has 2 rings (SSSR count). The van der Waals surface area contributed by atoms with Crippen molar-refractivity contribution in [2.75, 3.05) is 16.8 Å². The van der Waals surface area contributed by atoms with Gasteiger partial charge in [0.1, 0.15) is 0 Å². The van der Waals surface area contributed by atoms with Crippen LogP contribution in [0.15, 0.2) is 12.4 Å². The zero-order valence-corrected chi connectivity index (χ0v) is 13.1. The number of rotatable bonds is 7. The van der Waals surface area contributed by atoms with Crippen LogP contribution in [0.25, 0.3) is 0 Å². The van der Waals surface area contributed by atoms with Crippen LogP contribution in [-0.2, 0) is 0 Å². The summed E-state index contributed by atoms with van der Waals surface area (Å²) in [6, 6.07) is 1.17. The van der Waals surface area contributed by atoms with E-state index in [4.69, 9.17) is 0 Å². The van der Waals surface area contributed by atoms with Crippen LogP contribution in [0.5, 0.6) is 0 Å². The molecule has 1 aromatic heterocycles. The number of anilines is 1.